The molecule has 42 heavy (non-hydrogen) atoms. The molecule has 12 nitrogen and oxygen atoms in total. The van der Waals surface area contributed by atoms with Crippen LogP contribution in [0.3, 0.4) is 0 Å². The van der Waals surface area contributed by atoms with E-state index < -0.39 is 18.1 Å². The summed E-state index contributed by atoms with van der Waals surface area (Å²) in [5.41, 5.74) is 3.90. The quantitative estimate of drug-likeness (QED) is 0.257. The average molecular weight is 620 g/mol. The van der Waals surface area contributed by atoms with Crippen LogP contribution in [0.2, 0.25) is 5.02 Å². The van der Waals surface area contributed by atoms with Crippen molar-refractivity contribution < 1.29 is 33.0 Å². The summed E-state index contributed by atoms with van der Waals surface area (Å²) in [4.78, 5) is 42.0. The normalized spacial score (nSPS) is 14.2. The first kappa shape index (κ1) is 28.7. The Balaban J connectivity index is 0.000000451. The van der Waals surface area contributed by atoms with Crippen LogP contribution in [0.1, 0.15) is 34.3 Å². The van der Waals surface area contributed by atoms with E-state index in [-0.39, 0.29) is 17.2 Å². The van der Waals surface area contributed by atoms with Crippen molar-refractivity contribution in [2.75, 3.05) is 0 Å². The van der Waals surface area contributed by atoms with Gasteiger partial charge < -0.3 is 19.8 Å². The number of nitrogens with zero attached hydrogens (tertiary/aromatic N) is 6. The number of aromatic carboxylic acids is 1. The Morgan fingerprint density at radius 3 is 2.55 bits per heavy atom. The third kappa shape index (κ3) is 5.80. The van der Waals surface area contributed by atoms with E-state index in [1.807, 2.05) is 12.1 Å². The number of hydrogen-bond acceptors (Lipinski definition) is 8. The number of hydrogen-bond donors (Lipinski definition) is 3. The molecule has 4 aromatic heterocycles. The fourth-order valence-corrected chi connectivity index (χ4v) is 5.46. The highest BCUT2D eigenvalue weighted by molar-refractivity contribution is 7.13. The Bertz CT molecular complexity index is 1850. The lowest BCUT2D eigenvalue weighted by molar-refractivity contribution is -0.192. The molecular formula is C25H17ClF3N7O5S. The molecule has 17 heteroatoms. The minimum absolute atomic E-state index is 0.148. The van der Waals surface area contributed by atoms with E-state index in [4.69, 9.17) is 21.5 Å². The first-order valence-electron chi connectivity index (χ1n) is 11.9. The van der Waals surface area contributed by atoms with E-state index in [1.54, 1.807) is 40.4 Å². The molecule has 0 radical (unpaired) electrons. The number of thiophene rings is 1. The SMILES string of the molecule is O=C(O)C(F)(F)F.O=C(O)c1csc(-c2cnc([C@@H]3CCc4cc(-c5cc(Cl)ccc5-n5cnnn5)cc(=O)n43)[nH]2)c1. The molecule has 0 spiro atoms. The second-order valence-corrected chi connectivity index (χ2v) is 10.3. The number of H-pyrrole nitrogens is 1. The molecule has 5 aromatic rings. The van der Waals surface area contributed by atoms with Crippen molar-refractivity contribution in [1.82, 2.24) is 34.7 Å². The predicted octanol–water partition coefficient (Wildman–Crippen LogP) is 4.46. The van der Waals surface area contributed by atoms with Crippen LogP contribution in [-0.2, 0) is 11.2 Å². The molecule has 0 amide bonds. The highest BCUT2D eigenvalue weighted by atomic mass is 35.5. The molecule has 0 saturated carbocycles. The van der Waals surface area contributed by atoms with Crippen LogP contribution in [-0.4, -0.2) is 63.1 Å². The molecule has 1 aliphatic heterocycles. The van der Waals surface area contributed by atoms with Gasteiger partial charge in [-0.15, -0.1) is 16.4 Å². The number of benzene rings is 1. The number of aliphatic carboxylic acids is 1. The molecule has 6 rings (SSSR count). The summed E-state index contributed by atoms with van der Waals surface area (Å²) in [7, 11) is 0. The van der Waals surface area contributed by atoms with E-state index in [9.17, 15) is 27.9 Å². The third-order valence-electron chi connectivity index (χ3n) is 6.26. The van der Waals surface area contributed by atoms with Crippen molar-refractivity contribution in [3.63, 3.8) is 0 Å². The number of carboxylic acids is 2. The molecule has 0 saturated heterocycles. The second kappa shape index (κ2) is 11.2. The van der Waals surface area contributed by atoms with Crippen molar-refractivity contribution in [2.45, 2.75) is 25.1 Å². The number of tetrazole rings is 1. The number of rotatable bonds is 5. The van der Waals surface area contributed by atoms with Gasteiger partial charge in [-0.2, -0.15) is 17.9 Å². The van der Waals surface area contributed by atoms with Crippen LogP contribution in [0.4, 0.5) is 13.2 Å². The van der Waals surface area contributed by atoms with Gasteiger partial charge >= 0.3 is 18.1 Å². The predicted molar refractivity (Wildman–Crippen MR) is 143 cm³/mol. The van der Waals surface area contributed by atoms with Crippen LogP contribution < -0.4 is 5.56 Å². The monoisotopic (exact) mass is 619 g/mol. The molecule has 5 heterocycles. The zero-order valence-corrected chi connectivity index (χ0v) is 22.5. The van der Waals surface area contributed by atoms with Gasteiger partial charge in [0.05, 0.1) is 34.1 Å². The third-order valence-corrected chi connectivity index (χ3v) is 7.46. The smallest absolute Gasteiger partial charge is 0.478 e. The molecule has 1 aliphatic rings. The van der Waals surface area contributed by atoms with E-state index in [2.05, 4.69) is 25.5 Å². The Morgan fingerprint density at radius 2 is 1.90 bits per heavy atom. The first-order valence-corrected chi connectivity index (χ1v) is 13.1. The number of aryl methyl sites for hydroxylation is 1. The molecule has 1 aromatic carbocycles. The summed E-state index contributed by atoms with van der Waals surface area (Å²) >= 11 is 7.60. The van der Waals surface area contributed by atoms with E-state index in [0.717, 1.165) is 27.4 Å². The van der Waals surface area contributed by atoms with Crippen molar-refractivity contribution >= 4 is 34.9 Å². The van der Waals surface area contributed by atoms with Gasteiger partial charge in [-0.05, 0) is 59.2 Å². The van der Waals surface area contributed by atoms with Crippen molar-refractivity contribution in [2.24, 2.45) is 0 Å². The maximum Gasteiger partial charge on any atom is 0.490 e. The van der Waals surface area contributed by atoms with Gasteiger partial charge in [-0.3, -0.25) is 4.79 Å². The Hall–Kier alpha value is -4.83. The van der Waals surface area contributed by atoms with Crippen molar-refractivity contribution in [3.8, 4) is 27.4 Å². The molecule has 0 unspecified atom stereocenters. The Labute approximate surface area is 241 Å². The highest BCUT2D eigenvalue weighted by Crippen LogP contribution is 2.35. The van der Waals surface area contributed by atoms with Gasteiger partial charge in [0.1, 0.15) is 12.2 Å². The zero-order valence-electron chi connectivity index (χ0n) is 20.9. The Morgan fingerprint density at radius 1 is 1.14 bits per heavy atom. The summed E-state index contributed by atoms with van der Waals surface area (Å²) < 4.78 is 35.0. The lowest BCUT2D eigenvalue weighted by Gasteiger charge is -2.15. The Kier molecular flexibility index (Phi) is 7.66. The fraction of sp³-hybridized carbons (Fsp3) is 0.160. The van der Waals surface area contributed by atoms with Crippen molar-refractivity contribution in [3.05, 3.63) is 86.8 Å². The standard InChI is InChI=1S/C23H16ClN7O3S.C2HF3O2/c24-14-1-3-18(30-11-26-28-29-30)16(8-14)12-5-15-2-4-19(31(15)21(32)7-12)22-25-9-17(27-22)20-6-13(10-35-20)23(33)34;3-2(4,5)1(6)7/h1,3,5-11,19H,2,4H2,(H,25,27)(H,33,34);(H,6,7)/t19-;/m0./s1. The second-order valence-electron chi connectivity index (χ2n) is 8.90. The zero-order chi connectivity index (χ0) is 30.2. The number of fused-ring (bicyclic) bond motifs is 1. The number of nitrogens with one attached hydrogen (secondary N) is 1. The van der Waals surface area contributed by atoms with Gasteiger partial charge in [0.15, 0.2) is 0 Å². The molecule has 0 fully saturated rings. The van der Waals surface area contributed by atoms with Crippen LogP contribution in [0, 0.1) is 0 Å². The largest absolute Gasteiger partial charge is 0.490 e. The van der Waals surface area contributed by atoms with Gasteiger partial charge in [-0.25, -0.2) is 14.6 Å². The van der Waals surface area contributed by atoms with Gasteiger partial charge in [0.2, 0.25) is 0 Å². The fourth-order valence-electron chi connectivity index (χ4n) is 4.44. The molecule has 0 bridgehead atoms. The minimum Gasteiger partial charge on any atom is -0.478 e. The number of carboxylic acid groups (broad SMARTS) is 2. The number of pyridine rings is 1. The maximum absolute atomic E-state index is 13.3. The maximum atomic E-state index is 13.3. The van der Waals surface area contributed by atoms with Crippen LogP contribution >= 0.6 is 22.9 Å². The molecule has 3 N–H and O–H groups in total. The van der Waals surface area contributed by atoms with Gasteiger partial charge in [-0.1, -0.05) is 11.6 Å². The van der Waals surface area contributed by atoms with Crippen LogP contribution in [0.25, 0.3) is 27.4 Å². The van der Waals surface area contributed by atoms with E-state index >= 15 is 0 Å². The van der Waals surface area contributed by atoms with Gasteiger partial charge in [0, 0.05) is 27.7 Å². The first-order chi connectivity index (χ1) is 19.9. The highest BCUT2D eigenvalue weighted by Gasteiger charge is 2.38. The molecular weight excluding hydrogens is 603 g/mol. The number of halogens is 4. The number of aromatic nitrogens is 7. The summed E-state index contributed by atoms with van der Waals surface area (Å²) in [6.45, 7) is 0. The summed E-state index contributed by atoms with van der Waals surface area (Å²) in [5.74, 6) is -3.06. The number of carbonyl (C=O) groups is 2. The summed E-state index contributed by atoms with van der Waals surface area (Å²) in [5, 5.41) is 29.8. The molecule has 216 valence electrons. The number of aromatic amines is 1. The van der Waals surface area contributed by atoms with Crippen LogP contribution in [0.5, 0.6) is 0 Å². The summed E-state index contributed by atoms with van der Waals surface area (Å²) in [6, 6.07) is 10.3. The topological polar surface area (TPSA) is 169 Å². The number of imidazole rings is 1. The van der Waals surface area contributed by atoms with Gasteiger partial charge in [0.25, 0.3) is 5.56 Å². The average Bonchev–Trinajstić information content (AvgIpc) is 3.74. The van der Waals surface area contributed by atoms with E-state index in [0.29, 0.717) is 29.4 Å². The molecule has 0 aliphatic carbocycles. The minimum atomic E-state index is -5.08. The summed E-state index contributed by atoms with van der Waals surface area (Å²) in [6.07, 6.45) is -0.502. The van der Waals surface area contributed by atoms with Crippen molar-refractivity contribution in [1.29, 1.82) is 0 Å². The lowest BCUT2D eigenvalue weighted by Crippen LogP contribution is -2.23. The molecule has 1 atom stereocenters. The van der Waals surface area contributed by atoms with E-state index in [1.165, 1.54) is 22.3 Å². The number of alkyl halides is 3. The van der Waals surface area contributed by atoms with Crippen LogP contribution in [0.15, 0.2) is 59.1 Å². The lowest BCUT2D eigenvalue weighted by atomic mass is 10.0.